The summed E-state index contributed by atoms with van der Waals surface area (Å²) in [6.07, 6.45) is 0. The van der Waals surface area contributed by atoms with E-state index in [0.29, 0.717) is 30.4 Å². The second kappa shape index (κ2) is 7.18. The Morgan fingerprint density at radius 3 is 2.79 bits per heavy atom. The smallest absolute Gasteiger partial charge is 0.243 e. The number of amides is 1. The van der Waals surface area contributed by atoms with Gasteiger partial charge in [-0.2, -0.15) is 0 Å². The summed E-state index contributed by atoms with van der Waals surface area (Å²) in [5.74, 6) is 1.01. The number of rotatable bonds is 4. The zero-order valence-electron chi connectivity index (χ0n) is 10.5. The minimum Gasteiger partial charge on any atom is -0.486 e. The van der Waals surface area contributed by atoms with Crippen LogP contribution < -0.4 is 20.5 Å². The number of anilines is 1. The van der Waals surface area contributed by atoms with Gasteiger partial charge in [0.1, 0.15) is 19.3 Å². The summed E-state index contributed by atoms with van der Waals surface area (Å²) in [5, 5.41) is 2.70. The molecular formula is C12H17ClN2O4. The van der Waals surface area contributed by atoms with E-state index in [1.165, 1.54) is 7.11 Å². The highest BCUT2D eigenvalue weighted by atomic mass is 35.5. The molecule has 0 radical (unpaired) electrons. The Bertz CT molecular complexity index is 442. The van der Waals surface area contributed by atoms with Crippen LogP contribution >= 0.6 is 12.4 Å². The number of benzene rings is 1. The lowest BCUT2D eigenvalue weighted by Gasteiger charge is -2.19. The molecule has 1 aromatic carbocycles. The van der Waals surface area contributed by atoms with Crippen molar-refractivity contribution in [3.8, 4) is 11.5 Å². The maximum Gasteiger partial charge on any atom is 0.243 e. The minimum atomic E-state index is -0.691. The van der Waals surface area contributed by atoms with Crippen molar-refractivity contribution in [2.24, 2.45) is 5.73 Å². The molecule has 7 heteroatoms. The number of ether oxygens (including phenoxy) is 3. The molecule has 1 aliphatic heterocycles. The Balaban J connectivity index is 0.00000180. The van der Waals surface area contributed by atoms with Gasteiger partial charge in [-0.1, -0.05) is 0 Å². The third kappa shape index (κ3) is 3.99. The van der Waals surface area contributed by atoms with E-state index in [1.54, 1.807) is 18.2 Å². The summed E-state index contributed by atoms with van der Waals surface area (Å²) in [6.45, 7) is 1.22. The topological polar surface area (TPSA) is 82.8 Å². The first kappa shape index (κ1) is 15.6. The molecule has 0 aromatic heterocycles. The Morgan fingerprint density at radius 1 is 1.42 bits per heavy atom. The van der Waals surface area contributed by atoms with Crippen LogP contribution in [0.2, 0.25) is 0 Å². The van der Waals surface area contributed by atoms with E-state index in [0.717, 1.165) is 0 Å². The molecule has 0 spiro atoms. The number of carbonyl (C=O) groups is 1. The number of carbonyl (C=O) groups excluding carboxylic acids is 1. The Kier molecular flexibility index (Phi) is 5.88. The maximum atomic E-state index is 11.7. The van der Waals surface area contributed by atoms with Gasteiger partial charge in [-0.05, 0) is 12.1 Å². The average Bonchev–Trinajstić information content (AvgIpc) is 2.39. The molecule has 0 saturated carbocycles. The summed E-state index contributed by atoms with van der Waals surface area (Å²) in [5.41, 5.74) is 6.24. The van der Waals surface area contributed by atoms with Crippen molar-refractivity contribution in [3.63, 3.8) is 0 Å². The van der Waals surface area contributed by atoms with Gasteiger partial charge >= 0.3 is 0 Å². The number of hydrogen-bond donors (Lipinski definition) is 2. The molecule has 3 N–H and O–H groups in total. The predicted octanol–water partition coefficient (Wildman–Crippen LogP) is 0.792. The normalized spacial score (nSPS) is 14.2. The van der Waals surface area contributed by atoms with Crippen LogP contribution in [0.1, 0.15) is 0 Å². The van der Waals surface area contributed by atoms with Crippen LogP contribution in [0, 0.1) is 0 Å². The second-order valence-electron chi connectivity index (χ2n) is 3.91. The van der Waals surface area contributed by atoms with Crippen molar-refractivity contribution in [2.45, 2.75) is 6.04 Å². The van der Waals surface area contributed by atoms with Gasteiger partial charge in [-0.3, -0.25) is 4.79 Å². The van der Waals surface area contributed by atoms with Crippen LogP contribution in [0.4, 0.5) is 5.69 Å². The van der Waals surface area contributed by atoms with Gasteiger partial charge < -0.3 is 25.3 Å². The Labute approximate surface area is 117 Å². The lowest BCUT2D eigenvalue weighted by Crippen LogP contribution is -2.39. The summed E-state index contributed by atoms with van der Waals surface area (Å²) < 4.78 is 15.6. The lowest BCUT2D eigenvalue weighted by atomic mass is 10.2. The van der Waals surface area contributed by atoms with Crippen LogP contribution in [-0.2, 0) is 9.53 Å². The largest absolute Gasteiger partial charge is 0.486 e. The van der Waals surface area contributed by atoms with E-state index in [9.17, 15) is 4.79 Å². The fourth-order valence-electron chi connectivity index (χ4n) is 1.61. The lowest BCUT2D eigenvalue weighted by molar-refractivity contribution is -0.118. The molecule has 0 fully saturated rings. The zero-order chi connectivity index (χ0) is 13.0. The highest BCUT2D eigenvalue weighted by molar-refractivity contribution is 5.95. The molecule has 2 rings (SSSR count). The van der Waals surface area contributed by atoms with Crippen molar-refractivity contribution >= 4 is 24.0 Å². The molecule has 6 nitrogen and oxygen atoms in total. The third-order valence-electron chi connectivity index (χ3n) is 2.49. The predicted molar refractivity (Wildman–Crippen MR) is 73.2 cm³/mol. The summed E-state index contributed by atoms with van der Waals surface area (Å²) in [7, 11) is 1.50. The van der Waals surface area contributed by atoms with Crippen molar-refractivity contribution in [1.29, 1.82) is 0 Å². The number of methoxy groups -OCH3 is 1. The monoisotopic (exact) mass is 288 g/mol. The first-order chi connectivity index (χ1) is 8.70. The zero-order valence-corrected chi connectivity index (χ0v) is 11.4. The van der Waals surface area contributed by atoms with Gasteiger partial charge in [0.25, 0.3) is 0 Å². The third-order valence-corrected chi connectivity index (χ3v) is 2.49. The number of fused-ring (bicyclic) bond motifs is 1. The minimum absolute atomic E-state index is 0. The quantitative estimate of drug-likeness (QED) is 0.856. The van der Waals surface area contributed by atoms with Gasteiger partial charge in [0.05, 0.1) is 6.61 Å². The van der Waals surface area contributed by atoms with Crippen LogP contribution in [-0.4, -0.2) is 38.9 Å². The van der Waals surface area contributed by atoms with E-state index in [4.69, 9.17) is 19.9 Å². The van der Waals surface area contributed by atoms with E-state index in [2.05, 4.69) is 5.32 Å². The molecule has 0 aliphatic carbocycles. The Hall–Kier alpha value is -1.50. The Morgan fingerprint density at radius 2 is 2.11 bits per heavy atom. The average molecular weight is 289 g/mol. The van der Waals surface area contributed by atoms with Gasteiger partial charge in [0, 0.05) is 18.9 Å². The van der Waals surface area contributed by atoms with Gasteiger partial charge in [0.2, 0.25) is 5.91 Å². The molecule has 106 valence electrons. The standard InChI is InChI=1S/C12H16N2O4.ClH/c1-16-7-9(13)12(15)14-8-2-3-10-11(6-8)18-5-4-17-10;/h2-3,6,9H,4-5,7,13H2,1H3,(H,14,15);1H. The molecule has 1 amide bonds. The first-order valence-corrected chi connectivity index (χ1v) is 5.65. The highest BCUT2D eigenvalue weighted by Gasteiger charge is 2.16. The summed E-state index contributed by atoms with van der Waals surface area (Å²) in [6, 6.07) is 4.52. The number of halogens is 1. The molecule has 0 bridgehead atoms. The number of nitrogens with one attached hydrogen (secondary N) is 1. The van der Waals surface area contributed by atoms with Gasteiger partial charge in [-0.25, -0.2) is 0 Å². The maximum absolute atomic E-state index is 11.7. The molecular weight excluding hydrogens is 272 g/mol. The molecule has 1 aliphatic rings. The molecule has 1 atom stereocenters. The first-order valence-electron chi connectivity index (χ1n) is 5.65. The highest BCUT2D eigenvalue weighted by Crippen LogP contribution is 2.32. The van der Waals surface area contributed by atoms with E-state index < -0.39 is 6.04 Å². The second-order valence-corrected chi connectivity index (χ2v) is 3.91. The van der Waals surface area contributed by atoms with Crippen molar-refractivity contribution in [3.05, 3.63) is 18.2 Å². The SMILES string of the molecule is COCC(N)C(=O)Nc1ccc2c(c1)OCCO2.Cl. The van der Waals surface area contributed by atoms with Gasteiger partial charge in [0.15, 0.2) is 11.5 Å². The summed E-state index contributed by atoms with van der Waals surface area (Å²) in [4.78, 5) is 11.7. The molecule has 0 saturated heterocycles. The fraction of sp³-hybridized carbons (Fsp3) is 0.417. The molecule has 19 heavy (non-hydrogen) atoms. The van der Waals surface area contributed by atoms with Crippen LogP contribution in [0.25, 0.3) is 0 Å². The summed E-state index contributed by atoms with van der Waals surface area (Å²) >= 11 is 0. The molecule has 1 unspecified atom stereocenters. The number of nitrogens with two attached hydrogens (primary N) is 1. The van der Waals surface area contributed by atoms with Crippen LogP contribution in [0.15, 0.2) is 18.2 Å². The van der Waals surface area contributed by atoms with Crippen molar-refractivity contribution in [2.75, 3.05) is 32.2 Å². The molecule has 1 heterocycles. The van der Waals surface area contributed by atoms with Crippen LogP contribution in [0.5, 0.6) is 11.5 Å². The molecule has 1 aromatic rings. The van der Waals surface area contributed by atoms with Crippen molar-refractivity contribution < 1.29 is 19.0 Å². The van der Waals surface area contributed by atoms with Crippen LogP contribution in [0.3, 0.4) is 0 Å². The van der Waals surface area contributed by atoms with E-state index in [1.807, 2.05) is 0 Å². The van der Waals surface area contributed by atoms with Crippen molar-refractivity contribution in [1.82, 2.24) is 0 Å². The number of hydrogen-bond acceptors (Lipinski definition) is 5. The van der Waals surface area contributed by atoms with E-state index in [-0.39, 0.29) is 24.9 Å². The fourth-order valence-corrected chi connectivity index (χ4v) is 1.61. The van der Waals surface area contributed by atoms with E-state index >= 15 is 0 Å². The van der Waals surface area contributed by atoms with Gasteiger partial charge in [-0.15, -0.1) is 12.4 Å².